The lowest BCUT2D eigenvalue weighted by molar-refractivity contribution is -0.145. The van der Waals surface area contributed by atoms with Gasteiger partial charge in [-0.15, -0.1) is 0 Å². The molecule has 1 fully saturated rings. The smallest absolute Gasteiger partial charge is 0.307 e. The van der Waals surface area contributed by atoms with Crippen LogP contribution in [0.5, 0.6) is 0 Å². The molecule has 2 rings (SSSR count). The molecule has 4 nitrogen and oxygen atoms in total. The Kier molecular flexibility index (Phi) is 2.27. The largest absolute Gasteiger partial charge is 0.481 e. The number of carboxylic acids is 1. The summed E-state index contributed by atoms with van der Waals surface area (Å²) in [4.78, 5) is 10.8. The highest BCUT2D eigenvalue weighted by Crippen LogP contribution is 2.42. The van der Waals surface area contributed by atoms with E-state index in [-0.39, 0.29) is 11.8 Å². The number of hydrogen-bond donors (Lipinski definition) is 1. The van der Waals surface area contributed by atoms with Crippen LogP contribution in [0.2, 0.25) is 0 Å². The van der Waals surface area contributed by atoms with Crippen LogP contribution in [0.25, 0.3) is 0 Å². The summed E-state index contributed by atoms with van der Waals surface area (Å²) in [5, 5.41) is 13.1. The molecule has 0 saturated heterocycles. The van der Waals surface area contributed by atoms with Crippen molar-refractivity contribution >= 4 is 5.97 Å². The SMILES string of the molecule is CCn1cc(C2CCC2C(=O)O)cn1. The molecule has 0 spiro atoms. The fourth-order valence-electron chi connectivity index (χ4n) is 1.94. The maximum atomic E-state index is 10.8. The van der Waals surface area contributed by atoms with Gasteiger partial charge in [-0.3, -0.25) is 9.48 Å². The second-order valence-corrected chi connectivity index (χ2v) is 3.76. The first kappa shape index (κ1) is 9.24. The number of carboxylic acid groups (broad SMARTS) is 1. The van der Waals surface area contributed by atoms with Gasteiger partial charge in [0, 0.05) is 18.7 Å². The third-order valence-electron chi connectivity index (χ3n) is 3.00. The Labute approximate surface area is 82.5 Å². The topological polar surface area (TPSA) is 55.1 Å². The van der Waals surface area contributed by atoms with Crippen LogP contribution < -0.4 is 0 Å². The number of hydrogen-bond acceptors (Lipinski definition) is 2. The highest BCUT2D eigenvalue weighted by Gasteiger charge is 2.38. The van der Waals surface area contributed by atoms with E-state index in [0.717, 1.165) is 24.9 Å². The van der Waals surface area contributed by atoms with Crippen LogP contribution in [0.1, 0.15) is 31.2 Å². The van der Waals surface area contributed by atoms with E-state index in [9.17, 15) is 4.79 Å². The molecule has 2 atom stereocenters. The summed E-state index contributed by atoms with van der Waals surface area (Å²) in [7, 11) is 0. The summed E-state index contributed by atoms with van der Waals surface area (Å²) >= 11 is 0. The average molecular weight is 194 g/mol. The van der Waals surface area contributed by atoms with Crippen LogP contribution in [-0.4, -0.2) is 20.9 Å². The van der Waals surface area contributed by atoms with Crippen molar-refractivity contribution in [3.8, 4) is 0 Å². The number of carbonyl (C=O) groups is 1. The van der Waals surface area contributed by atoms with E-state index in [4.69, 9.17) is 5.11 Å². The lowest BCUT2D eigenvalue weighted by Crippen LogP contribution is -2.30. The fraction of sp³-hybridized carbons (Fsp3) is 0.600. The van der Waals surface area contributed by atoms with Crippen molar-refractivity contribution in [2.24, 2.45) is 5.92 Å². The highest BCUT2D eigenvalue weighted by atomic mass is 16.4. The van der Waals surface area contributed by atoms with Crippen molar-refractivity contribution in [3.63, 3.8) is 0 Å². The Morgan fingerprint density at radius 3 is 2.93 bits per heavy atom. The molecule has 0 aromatic carbocycles. The van der Waals surface area contributed by atoms with Crippen molar-refractivity contribution in [2.45, 2.75) is 32.2 Å². The zero-order chi connectivity index (χ0) is 10.1. The Balaban J connectivity index is 2.12. The van der Waals surface area contributed by atoms with Gasteiger partial charge in [0.2, 0.25) is 0 Å². The number of nitrogens with zero attached hydrogens (tertiary/aromatic N) is 2. The maximum Gasteiger partial charge on any atom is 0.307 e. The number of aryl methyl sites for hydroxylation is 1. The van der Waals surface area contributed by atoms with Crippen molar-refractivity contribution in [2.75, 3.05) is 0 Å². The molecule has 1 aliphatic carbocycles. The average Bonchev–Trinajstić information content (AvgIpc) is 2.49. The van der Waals surface area contributed by atoms with Gasteiger partial charge >= 0.3 is 5.97 Å². The molecule has 14 heavy (non-hydrogen) atoms. The Hall–Kier alpha value is -1.32. The molecule has 1 heterocycles. The summed E-state index contributed by atoms with van der Waals surface area (Å²) in [5.41, 5.74) is 1.07. The van der Waals surface area contributed by atoms with Crippen LogP contribution in [-0.2, 0) is 11.3 Å². The molecule has 76 valence electrons. The molecule has 2 unspecified atom stereocenters. The zero-order valence-electron chi connectivity index (χ0n) is 8.18. The van der Waals surface area contributed by atoms with Gasteiger partial charge in [0.1, 0.15) is 0 Å². The third-order valence-corrected chi connectivity index (χ3v) is 3.00. The van der Waals surface area contributed by atoms with Crippen LogP contribution in [0, 0.1) is 5.92 Å². The molecule has 1 aliphatic rings. The third kappa shape index (κ3) is 1.41. The minimum atomic E-state index is -0.675. The van der Waals surface area contributed by atoms with Crippen molar-refractivity contribution < 1.29 is 9.90 Å². The lowest BCUT2D eigenvalue weighted by atomic mass is 9.71. The standard InChI is InChI=1S/C10H14N2O2/c1-2-12-6-7(5-11-12)8-3-4-9(8)10(13)14/h5-6,8-9H,2-4H2,1H3,(H,13,14). The molecular formula is C10H14N2O2. The molecule has 0 bridgehead atoms. The zero-order valence-corrected chi connectivity index (χ0v) is 8.18. The first-order chi connectivity index (χ1) is 6.72. The van der Waals surface area contributed by atoms with E-state index in [1.54, 1.807) is 6.20 Å². The van der Waals surface area contributed by atoms with E-state index < -0.39 is 5.97 Å². The van der Waals surface area contributed by atoms with E-state index in [0.29, 0.717) is 0 Å². The molecule has 0 amide bonds. The summed E-state index contributed by atoms with van der Waals surface area (Å²) in [5.74, 6) is -0.678. The molecule has 4 heteroatoms. The quantitative estimate of drug-likeness (QED) is 0.793. The number of aromatic nitrogens is 2. The molecule has 1 aromatic heterocycles. The minimum absolute atomic E-state index is 0.188. The van der Waals surface area contributed by atoms with E-state index >= 15 is 0 Å². The van der Waals surface area contributed by atoms with Gasteiger partial charge in [-0.1, -0.05) is 0 Å². The number of rotatable bonds is 3. The van der Waals surface area contributed by atoms with Gasteiger partial charge in [-0.25, -0.2) is 0 Å². The van der Waals surface area contributed by atoms with E-state index in [2.05, 4.69) is 5.10 Å². The molecular weight excluding hydrogens is 180 g/mol. The predicted molar refractivity (Wildman–Crippen MR) is 51.0 cm³/mol. The van der Waals surface area contributed by atoms with Crippen LogP contribution in [0.15, 0.2) is 12.4 Å². The van der Waals surface area contributed by atoms with Crippen molar-refractivity contribution in [1.82, 2.24) is 9.78 Å². The second kappa shape index (κ2) is 3.44. The minimum Gasteiger partial charge on any atom is -0.481 e. The van der Waals surface area contributed by atoms with E-state index in [1.165, 1.54) is 0 Å². The van der Waals surface area contributed by atoms with E-state index in [1.807, 2.05) is 17.8 Å². The Morgan fingerprint density at radius 1 is 1.71 bits per heavy atom. The molecule has 1 aromatic rings. The second-order valence-electron chi connectivity index (χ2n) is 3.76. The summed E-state index contributed by atoms with van der Waals surface area (Å²) < 4.78 is 1.84. The van der Waals surface area contributed by atoms with Crippen molar-refractivity contribution in [3.05, 3.63) is 18.0 Å². The first-order valence-electron chi connectivity index (χ1n) is 4.97. The van der Waals surface area contributed by atoms with Crippen molar-refractivity contribution in [1.29, 1.82) is 0 Å². The monoisotopic (exact) mass is 194 g/mol. The highest BCUT2D eigenvalue weighted by molar-refractivity contribution is 5.72. The fourth-order valence-corrected chi connectivity index (χ4v) is 1.94. The van der Waals surface area contributed by atoms with Gasteiger partial charge < -0.3 is 5.11 Å². The summed E-state index contributed by atoms with van der Waals surface area (Å²) in [6.07, 6.45) is 5.53. The molecule has 1 saturated carbocycles. The normalized spacial score (nSPS) is 25.8. The van der Waals surface area contributed by atoms with Gasteiger partial charge in [0.25, 0.3) is 0 Å². The lowest BCUT2D eigenvalue weighted by Gasteiger charge is -2.32. The summed E-state index contributed by atoms with van der Waals surface area (Å²) in [6.45, 7) is 2.86. The molecule has 1 N–H and O–H groups in total. The van der Waals surface area contributed by atoms with Gasteiger partial charge in [0.15, 0.2) is 0 Å². The van der Waals surface area contributed by atoms with Gasteiger partial charge in [-0.2, -0.15) is 5.10 Å². The molecule has 0 radical (unpaired) electrons. The Bertz CT molecular complexity index is 346. The first-order valence-corrected chi connectivity index (χ1v) is 4.97. The van der Waals surface area contributed by atoms with Crippen LogP contribution in [0.4, 0.5) is 0 Å². The summed E-state index contributed by atoms with van der Waals surface area (Å²) in [6, 6.07) is 0. The maximum absolute atomic E-state index is 10.8. The van der Waals surface area contributed by atoms with Crippen LogP contribution >= 0.6 is 0 Å². The van der Waals surface area contributed by atoms with Crippen LogP contribution in [0.3, 0.4) is 0 Å². The molecule has 0 aliphatic heterocycles. The van der Waals surface area contributed by atoms with Gasteiger partial charge in [0.05, 0.1) is 12.1 Å². The predicted octanol–water partition coefficient (Wildman–Crippen LogP) is 1.48. The Morgan fingerprint density at radius 2 is 2.50 bits per heavy atom. The number of aliphatic carboxylic acids is 1. The van der Waals surface area contributed by atoms with Gasteiger partial charge in [-0.05, 0) is 25.3 Å².